The third kappa shape index (κ3) is 1.58. The summed E-state index contributed by atoms with van der Waals surface area (Å²) >= 11 is 0. The van der Waals surface area contributed by atoms with Gasteiger partial charge in [0.2, 0.25) is 5.91 Å². The molecule has 1 heterocycles. The van der Waals surface area contributed by atoms with Gasteiger partial charge in [-0.15, -0.1) is 0 Å². The van der Waals surface area contributed by atoms with E-state index in [0.29, 0.717) is 9.88 Å². The molecule has 0 spiro atoms. The van der Waals surface area contributed by atoms with Crippen LogP contribution in [0.2, 0.25) is 0 Å². The van der Waals surface area contributed by atoms with E-state index in [1.54, 1.807) is 13.8 Å². The first-order chi connectivity index (χ1) is 5.76. The molecule has 1 rings (SSSR count). The summed E-state index contributed by atoms with van der Waals surface area (Å²) in [6, 6.07) is -0.477. The van der Waals surface area contributed by atoms with Crippen molar-refractivity contribution in [1.82, 2.24) is 4.31 Å². The molecule has 0 aromatic heterocycles. The summed E-state index contributed by atoms with van der Waals surface area (Å²) in [5.74, 6) is -0.811. The van der Waals surface area contributed by atoms with Gasteiger partial charge in [-0.1, -0.05) is 19.1 Å². The van der Waals surface area contributed by atoms with Crippen LogP contribution in [0.3, 0.4) is 0 Å². The Bertz CT molecular complexity index is 362. The summed E-state index contributed by atoms with van der Waals surface area (Å²) in [6.45, 7) is 6.93. The molecule has 74 valence electrons. The van der Waals surface area contributed by atoms with Gasteiger partial charge in [-0.3, -0.25) is 4.79 Å². The van der Waals surface area contributed by atoms with E-state index in [1.165, 1.54) is 0 Å². The molecule has 1 aliphatic rings. The maximum atomic E-state index is 11.1. The fraction of sp³-hybridized carbons (Fsp3) is 0.571. The zero-order valence-corrected chi connectivity index (χ0v) is 8.89. The maximum absolute atomic E-state index is 11.1. The topological polar surface area (TPSA) is 54.5 Å². The lowest BCUT2D eigenvalue weighted by molar-refractivity contribution is -0.143. The van der Waals surface area contributed by atoms with Crippen LogP contribution >= 0.6 is 10.7 Å². The number of hydrogen-bond donors (Lipinski definition) is 0. The molecular weight excluding hydrogens is 214 g/mol. The van der Waals surface area contributed by atoms with Gasteiger partial charge in [0, 0.05) is 10.7 Å². The number of halogens is 1. The minimum atomic E-state index is -3.95. The molecular formula is C7H10ClNO3S. The molecule has 0 bridgehead atoms. The Balaban J connectivity index is 3.00. The predicted octanol–water partition coefficient (Wildman–Crippen LogP) is 0.893. The van der Waals surface area contributed by atoms with Crippen LogP contribution in [-0.2, 0) is 14.0 Å². The highest BCUT2D eigenvalue weighted by atomic mass is 35.7. The van der Waals surface area contributed by atoms with Gasteiger partial charge < -0.3 is 0 Å². The summed E-state index contributed by atoms with van der Waals surface area (Å²) in [6.07, 6.45) is 0. The molecule has 0 unspecified atom stereocenters. The van der Waals surface area contributed by atoms with Crippen LogP contribution in [0, 0.1) is 5.92 Å². The Hall–Kier alpha value is -0.550. The van der Waals surface area contributed by atoms with E-state index in [0.717, 1.165) is 0 Å². The second-order valence-electron chi connectivity index (χ2n) is 3.16. The third-order valence-corrected chi connectivity index (χ3v) is 3.40. The van der Waals surface area contributed by atoms with Gasteiger partial charge in [-0.05, 0) is 6.92 Å². The SMILES string of the molecule is C=C(C)[C@@H]1[C@@H](C)C(=O)N1S(=O)(=O)Cl. The Labute approximate surface area is 81.7 Å². The Morgan fingerprint density at radius 3 is 2.31 bits per heavy atom. The van der Waals surface area contributed by atoms with Crippen LogP contribution in [0.25, 0.3) is 0 Å². The second kappa shape index (κ2) is 2.99. The van der Waals surface area contributed by atoms with Crippen LogP contribution in [0.1, 0.15) is 13.8 Å². The zero-order chi connectivity index (χ0) is 10.4. The molecule has 13 heavy (non-hydrogen) atoms. The van der Waals surface area contributed by atoms with Gasteiger partial charge in [-0.25, -0.2) is 4.31 Å². The summed E-state index contributed by atoms with van der Waals surface area (Å²) in [5.41, 5.74) is 0.622. The third-order valence-electron chi connectivity index (χ3n) is 2.07. The maximum Gasteiger partial charge on any atom is 0.324 e. The smallest absolute Gasteiger partial charge is 0.273 e. The average molecular weight is 224 g/mol. The molecule has 0 radical (unpaired) electrons. The van der Waals surface area contributed by atoms with Gasteiger partial charge in [0.15, 0.2) is 0 Å². The van der Waals surface area contributed by atoms with Crippen LogP contribution < -0.4 is 0 Å². The highest BCUT2D eigenvalue weighted by Crippen LogP contribution is 2.34. The number of rotatable bonds is 2. The van der Waals surface area contributed by atoms with Crippen molar-refractivity contribution in [2.75, 3.05) is 0 Å². The normalized spacial score (nSPS) is 28.5. The van der Waals surface area contributed by atoms with E-state index in [2.05, 4.69) is 6.58 Å². The number of carbonyl (C=O) groups excluding carboxylic acids is 1. The van der Waals surface area contributed by atoms with Crippen LogP contribution in [0.15, 0.2) is 12.2 Å². The van der Waals surface area contributed by atoms with E-state index < -0.39 is 21.2 Å². The van der Waals surface area contributed by atoms with E-state index in [1.807, 2.05) is 0 Å². The summed E-state index contributed by atoms with van der Waals surface area (Å²) in [7, 11) is 1.12. The molecule has 2 atom stereocenters. The average Bonchev–Trinajstić information content (AvgIpc) is 1.94. The van der Waals surface area contributed by atoms with E-state index >= 15 is 0 Å². The van der Waals surface area contributed by atoms with Gasteiger partial charge >= 0.3 is 9.24 Å². The monoisotopic (exact) mass is 223 g/mol. The van der Waals surface area contributed by atoms with Gasteiger partial charge in [0.1, 0.15) is 0 Å². The first-order valence-corrected chi connectivity index (χ1v) is 5.96. The van der Waals surface area contributed by atoms with Gasteiger partial charge in [0.05, 0.1) is 12.0 Å². The highest BCUT2D eigenvalue weighted by molar-refractivity contribution is 8.12. The summed E-state index contributed by atoms with van der Waals surface area (Å²) in [5, 5.41) is 0. The van der Waals surface area contributed by atoms with Crippen LogP contribution in [-0.4, -0.2) is 24.7 Å². The first kappa shape index (κ1) is 10.5. The lowest BCUT2D eigenvalue weighted by atomic mass is 9.88. The molecule has 0 saturated carbocycles. The fourth-order valence-corrected chi connectivity index (χ4v) is 2.94. The molecule has 1 saturated heterocycles. The quantitative estimate of drug-likeness (QED) is 0.397. The van der Waals surface area contributed by atoms with Crippen molar-refractivity contribution in [2.24, 2.45) is 5.92 Å². The van der Waals surface area contributed by atoms with Crippen molar-refractivity contribution < 1.29 is 13.2 Å². The number of β-lactam (4-membered cyclic amide) rings is 1. The molecule has 0 aromatic rings. The lowest BCUT2D eigenvalue weighted by Gasteiger charge is -2.43. The van der Waals surface area contributed by atoms with Crippen molar-refractivity contribution in [2.45, 2.75) is 19.9 Å². The first-order valence-electron chi connectivity index (χ1n) is 3.70. The molecule has 0 aliphatic carbocycles. The highest BCUT2D eigenvalue weighted by Gasteiger charge is 2.50. The van der Waals surface area contributed by atoms with Crippen LogP contribution in [0.5, 0.6) is 0 Å². The minimum absolute atomic E-state index is 0.342. The molecule has 1 fully saturated rings. The van der Waals surface area contributed by atoms with Crippen molar-refractivity contribution in [3.05, 3.63) is 12.2 Å². The molecule has 0 aromatic carbocycles. The number of nitrogens with zero attached hydrogens (tertiary/aromatic N) is 1. The van der Waals surface area contributed by atoms with E-state index in [4.69, 9.17) is 10.7 Å². The van der Waals surface area contributed by atoms with E-state index in [9.17, 15) is 13.2 Å². The largest absolute Gasteiger partial charge is 0.324 e. The van der Waals surface area contributed by atoms with Crippen molar-refractivity contribution in [3.8, 4) is 0 Å². The van der Waals surface area contributed by atoms with Gasteiger partial charge in [0.25, 0.3) is 0 Å². The van der Waals surface area contributed by atoms with Gasteiger partial charge in [-0.2, -0.15) is 8.42 Å². The lowest BCUT2D eigenvalue weighted by Crippen LogP contribution is -2.61. The van der Waals surface area contributed by atoms with Crippen molar-refractivity contribution in [1.29, 1.82) is 0 Å². The Kier molecular flexibility index (Phi) is 2.42. The van der Waals surface area contributed by atoms with E-state index in [-0.39, 0.29) is 5.92 Å². The molecule has 6 heteroatoms. The zero-order valence-electron chi connectivity index (χ0n) is 7.32. The number of amides is 1. The van der Waals surface area contributed by atoms with Crippen molar-refractivity contribution in [3.63, 3.8) is 0 Å². The predicted molar refractivity (Wildman–Crippen MR) is 49.4 cm³/mol. The molecule has 1 amide bonds. The molecule has 0 N–H and O–H groups in total. The number of carbonyl (C=O) groups is 1. The second-order valence-corrected chi connectivity index (χ2v) is 5.54. The fourth-order valence-electron chi connectivity index (χ4n) is 1.46. The summed E-state index contributed by atoms with van der Waals surface area (Å²) in [4.78, 5) is 11.1. The molecule has 4 nitrogen and oxygen atoms in total. The number of hydrogen-bond acceptors (Lipinski definition) is 3. The minimum Gasteiger partial charge on any atom is -0.273 e. The standard InChI is InChI=1S/C7H10ClNO3S/c1-4(2)6-5(3)7(10)9(6)13(8,11)12/h5-6H,1H2,2-3H3/t5-,6-/m1/s1. The van der Waals surface area contributed by atoms with Crippen molar-refractivity contribution >= 4 is 25.8 Å². The van der Waals surface area contributed by atoms with Crippen LogP contribution in [0.4, 0.5) is 0 Å². The Morgan fingerprint density at radius 1 is 1.62 bits per heavy atom. The molecule has 1 aliphatic heterocycles. The summed E-state index contributed by atoms with van der Waals surface area (Å²) < 4.78 is 22.5. The Morgan fingerprint density at radius 2 is 2.08 bits per heavy atom.